The average Bonchev–Trinajstić information content (AvgIpc) is 3.08. The van der Waals surface area contributed by atoms with Crippen LogP contribution in [0.3, 0.4) is 0 Å². The van der Waals surface area contributed by atoms with Gasteiger partial charge in [-0.15, -0.1) is 0 Å². The van der Waals surface area contributed by atoms with Crippen molar-refractivity contribution in [3.63, 3.8) is 0 Å². The quantitative estimate of drug-likeness (QED) is 0.787. The standard InChI is InChI=1S/C16H20N2/c1-12(2)15-10-17-16(14-6-4-3-5-7-14)18(15)11-13-8-9-13/h3-7,10,12-13H,8-9,11H2,1-2H3. The van der Waals surface area contributed by atoms with Crippen LogP contribution in [0.1, 0.15) is 38.3 Å². The second-order valence-electron chi connectivity index (χ2n) is 5.58. The Bertz CT molecular complexity index is 521. The third-order valence-electron chi connectivity index (χ3n) is 3.65. The molecule has 0 bridgehead atoms. The fraction of sp³-hybridized carbons (Fsp3) is 0.438. The largest absolute Gasteiger partial charge is 0.328 e. The van der Waals surface area contributed by atoms with Crippen molar-refractivity contribution in [1.29, 1.82) is 0 Å². The molecule has 3 rings (SSSR count). The highest BCUT2D eigenvalue weighted by molar-refractivity contribution is 5.56. The molecule has 1 heterocycles. The van der Waals surface area contributed by atoms with E-state index in [0.29, 0.717) is 5.92 Å². The highest BCUT2D eigenvalue weighted by atomic mass is 15.1. The summed E-state index contributed by atoms with van der Waals surface area (Å²) in [5, 5.41) is 0. The zero-order chi connectivity index (χ0) is 12.5. The van der Waals surface area contributed by atoms with Crippen molar-refractivity contribution in [3.05, 3.63) is 42.2 Å². The summed E-state index contributed by atoms with van der Waals surface area (Å²) in [5.74, 6) is 2.54. The number of imidazole rings is 1. The molecule has 94 valence electrons. The van der Waals surface area contributed by atoms with Gasteiger partial charge in [0.15, 0.2) is 0 Å². The van der Waals surface area contributed by atoms with Crippen LogP contribution >= 0.6 is 0 Å². The molecule has 2 heteroatoms. The first-order chi connectivity index (χ1) is 8.75. The van der Waals surface area contributed by atoms with Crippen LogP contribution in [0, 0.1) is 5.92 Å². The topological polar surface area (TPSA) is 17.8 Å². The van der Waals surface area contributed by atoms with Gasteiger partial charge in [0.2, 0.25) is 0 Å². The number of rotatable bonds is 4. The molecule has 0 spiro atoms. The van der Waals surface area contributed by atoms with Crippen LogP contribution in [0.25, 0.3) is 11.4 Å². The maximum atomic E-state index is 4.65. The van der Waals surface area contributed by atoms with Crippen molar-refractivity contribution in [2.45, 2.75) is 39.2 Å². The number of hydrogen-bond acceptors (Lipinski definition) is 1. The Labute approximate surface area is 109 Å². The van der Waals surface area contributed by atoms with Gasteiger partial charge in [-0.25, -0.2) is 4.98 Å². The lowest BCUT2D eigenvalue weighted by Crippen LogP contribution is -2.07. The second-order valence-corrected chi connectivity index (χ2v) is 5.58. The molecule has 2 nitrogen and oxygen atoms in total. The maximum absolute atomic E-state index is 4.65. The zero-order valence-electron chi connectivity index (χ0n) is 11.1. The van der Waals surface area contributed by atoms with Crippen LogP contribution in [0.5, 0.6) is 0 Å². The molecule has 0 aliphatic heterocycles. The Morgan fingerprint density at radius 1 is 1.22 bits per heavy atom. The number of nitrogens with zero attached hydrogens (tertiary/aromatic N) is 2. The van der Waals surface area contributed by atoms with Gasteiger partial charge in [-0.05, 0) is 24.7 Å². The third-order valence-corrected chi connectivity index (χ3v) is 3.65. The molecular formula is C16H20N2. The van der Waals surface area contributed by atoms with Crippen LogP contribution in [-0.4, -0.2) is 9.55 Å². The molecule has 0 N–H and O–H groups in total. The van der Waals surface area contributed by atoms with Gasteiger partial charge in [0.1, 0.15) is 5.82 Å². The molecule has 0 unspecified atom stereocenters. The fourth-order valence-corrected chi connectivity index (χ4v) is 2.42. The van der Waals surface area contributed by atoms with Crippen molar-refractivity contribution in [1.82, 2.24) is 9.55 Å². The predicted molar refractivity (Wildman–Crippen MR) is 74.5 cm³/mol. The molecule has 18 heavy (non-hydrogen) atoms. The Hall–Kier alpha value is -1.57. The summed E-state index contributed by atoms with van der Waals surface area (Å²) in [6, 6.07) is 10.5. The molecular weight excluding hydrogens is 220 g/mol. The molecule has 1 aromatic carbocycles. The molecule has 0 atom stereocenters. The second kappa shape index (κ2) is 4.60. The van der Waals surface area contributed by atoms with Crippen LogP contribution < -0.4 is 0 Å². The van der Waals surface area contributed by atoms with E-state index in [-0.39, 0.29) is 0 Å². The number of aromatic nitrogens is 2. The summed E-state index contributed by atoms with van der Waals surface area (Å²) in [6.07, 6.45) is 4.81. The average molecular weight is 240 g/mol. The third kappa shape index (κ3) is 2.20. The minimum atomic E-state index is 0.536. The van der Waals surface area contributed by atoms with Gasteiger partial charge in [-0.2, -0.15) is 0 Å². The van der Waals surface area contributed by atoms with E-state index in [2.05, 4.69) is 59.9 Å². The Balaban J connectivity index is 2.02. The molecule has 0 amide bonds. The first-order valence-corrected chi connectivity index (χ1v) is 6.86. The SMILES string of the molecule is CC(C)c1cnc(-c2ccccc2)n1CC1CC1. The molecule has 1 aliphatic carbocycles. The Morgan fingerprint density at radius 3 is 2.56 bits per heavy atom. The molecule has 0 radical (unpaired) electrons. The summed E-state index contributed by atoms with van der Waals surface area (Å²) in [5.41, 5.74) is 2.59. The van der Waals surface area contributed by atoms with Crippen LogP contribution in [-0.2, 0) is 6.54 Å². The van der Waals surface area contributed by atoms with E-state index in [1.165, 1.54) is 24.1 Å². The van der Waals surface area contributed by atoms with Gasteiger partial charge in [0.25, 0.3) is 0 Å². The van der Waals surface area contributed by atoms with E-state index in [4.69, 9.17) is 0 Å². The first-order valence-electron chi connectivity index (χ1n) is 6.86. The van der Waals surface area contributed by atoms with E-state index in [1.54, 1.807) is 0 Å². The van der Waals surface area contributed by atoms with Crippen LogP contribution in [0.15, 0.2) is 36.5 Å². The van der Waals surface area contributed by atoms with Gasteiger partial charge in [0.05, 0.1) is 0 Å². The Morgan fingerprint density at radius 2 is 1.94 bits per heavy atom. The summed E-state index contributed by atoms with van der Waals surface area (Å²) in [6.45, 7) is 5.63. The van der Waals surface area contributed by atoms with Crippen LogP contribution in [0.4, 0.5) is 0 Å². The van der Waals surface area contributed by atoms with Crippen molar-refractivity contribution in [2.75, 3.05) is 0 Å². The minimum absolute atomic E-state index is 0.536. The van der Waals surface area contributed by atoms with Crippen LogP contribution in [0.2, 0.25) is 0 Å². The summed E-state index contributed by atoms with van der Waals surface area (Å²) in [7, 11) is 0. The fourth-order valence-electron chi connectivity index (χ4n) is 2.42. The molecule has 1 aromatic heterocycles. The molecule has 2 aromatic rings. The summed E-state index contributed by atoms with van der Waals surface area (Å²) in [4.78, 5) is 4.65. The molecule has 1 aliphatic rings. The van der Waals surface area contributed by atoms with Crippen molar-refractivity contribution in [3.8, 4) is 11.4 Å². The van der Waals surface area contributed by atoms with Crippen molar-refractivity contribution >= 4 is 0 Å². The first kappa shape index (κ1) is 11.5. The number of benzene rings is 1. The highest BCUT2D eigenvalue weighted by Gasteiger charge is 2.25. The maximum Gasteiger partial charge on any atom is 0.140 e. The number of hydrogen-bond donors (Lipinski definition) is 0. The van der Waals surface area contributed by atoms with E-state index in [9.17, 15) is 0 Å². The van der Waals surface area contributed by atoms with Crippen molar-refractivity contribution < 1.29 is 0 Å². The van der Waals surface area contributed by atoms with Crippen molar-refractivity contribution in [2.24, 2.45) is 5.92 Å². The summed E-state index contributed by atoms with van der Waals surface area (Å²) >= 11 is 0. The Kier molecular flexibility index (Phi) is 2.94. The van der Waals surface area contributed by atoms with Gasteiger partial charge in [0, 0.05) is 24.0 Å². The monoisotopic (exact) mass is 240 g/mol. The molecule has 1 saturated carbocycles. The van der Waals surface area contributed by atoms with Gasteiger partial charge in [-0.1, -0.05) is 44.2 Å². The van der Waals surface area contributed by atoms with Gasteiger partial charge >= 0.3 is 0 Å². The van der Waals surface area contributed by atoms with Gasteiger partial charge in [-0.3, -0.25) is 0 Å². The van der Waals surface area contributed by atoms with E-state index in [1.807, 2.05) is 0 Å². The molecule has 1 fully saturated rings. The smallest absolute Gasteiger partial charge is 0.140 e. The van der Waals surface area contributed by atoms with E-state index >= 15 is 0 Å². The molecule has 0 saturated heterocycles. The lowest BCUT2D eigenvalue weighted by Gasteiger charge is -2.13. The minimum Gasteiger partial charge on any atom is -0.328 e. The lowest BCUT2D eigenvalue weighted by molar-refractivity contribution is 0.590. The van der Waals surface area contributed by atoms with E-state index in [0.717, 1.165) is 18.3 Å². The van der Waals surface area contributed by atoms with E-state index < -0.39 is 0 Å². The zero-order valence-corrected chi connectivity index (χ0v) is 11.1. The highest BCUT2D eigenvalue weighted by Crippen LogP contribution is 2.34. The van der Waals surface area contributed by atoms with Gasteiger partial charge < -0.3 is 4.57 Å². The summed E-state index contributed by atoms with van der Waals surface area (Å²) < 4.78 is 2.43. The lowest BCUT2D eigenvalue weighted by atomic mass is 10.1. The predicted octanol–water partition coefficient (Wildman–Crippen LogP) is 4.08. The normalized spacial score (nSPS) is 15.3.